The van der Waals surface area contributed by atoms with Gasteiger partial charge in [-0.05, 0) is 53.6 Å². The number of fused-ring (bicyclic) bond motifs is 1. The van der Waals surface area contributed by atoms with Gasteiger partial charge in [-0.25, -0.2) is 0 Å². The van der Waals surface area contributed by atoms with E-state index in [1.807, 2.05) is 11.2 Å². The number of hydrazone groups is 1. The Morgan fingerprint density at radius 1 is 1.13 bits per heavy atom. The van der Waals surface area contributed by atoms with Gasteiger partial charge in [0, 0.05) is 55.6 Å². The second kappa shape index (κ2) is 8.67. The van der Waals surface area contributed by atoms with E-state index in [2.05, 4.69) is 56.3 Å². The van der Waals surface area contributed by atoms with Crippen LogP contribution in [0.15, 0.2) is 27.9 Å². The van der Waals surface area contributed by atoms with Crippen molar-refractivity contribution in [1.82, 2.24) is 15.0 Å². The van der Waals surface area contributed by atoms with Crippen molar-refractivity contribution >= 4 is 38.9 Å². The molecule has 8 heteroatoms. The summed E-state index contributed by atoms with van der Waals surface area (Å²) >= 11 is 3.55. The van der Waals surface area contributed by atoms with Crippen LogP contribution in [0.4, 0.5) is 5.82 Å². The lowest BCUT2D eigenvalue weighted by atomic mass is 9.79. The van der Waals surface area contributed by atoms with Crippen LogP contribution in [0, 0.1) is 11.8 Å². The standard InChI is InChI=1S/C22H28BrN5O2/c1-27-14-16(12-25-27)15-2-4-18(5-3-15)30-22-19-10-17(23)13-24-20(19)11-21(26-22)28-6-8-29-9-7-28/h10-13,15-16,18H,2-9,14H2,1H3. The molecule has 1 saturated carbocycles. The fourth-order valence-corrected chi connectivity index (χ4v) is 5.09. The Morgan fingerprint density at radius 3 is 2.67 bits per heavy atom. The second-order valence-corrected chi connectivity index (χ2v) is 9.44. The van der Waals surface area contributed by atoms with Crippen molar-refractivity contribution in [2.45, 2.75) is 31.8 Å². The summed E-state index contributed by atoms with van der Waals surface area (Å²) in [6, 6.07) is 4.12. The third-order valence-electron chi connectivity index (χ3n) is 6.47. The normalized spacial score (nSPS) is 27.1. The summed E-state index contributed by atoms with van der Waals surface area (Å²) in [5, 5.41) is 7.43. The molecule has 0 N–H and O–H groups in total. The quantitative estimate of drug-likeness (QED) is 0.674. The van der Waals surface area contributed by atoms with Gasteiger partial charge in [-0.3, -0.25) is 9.99 Å². The van der Waals surface area contributed by atoms with E-state index in [-0.39, 0.29) is 6.10 Å². The van der Waals surface area contributed by atoms with Crippen LogP contribution >= 0.6 is 15.9 Å². The SMILES string of the molecule is CN1CC(C2CCC(Oc3nc(N4CCOCC4)cc4ncc(Br)cc34)CC2)C=N1. The number of pyridine rings is 2. The van der Waals surface area contributed by atoms with E-state index in [1.165, 1.54) is 12.8 Å². The summed E-state index contributed by atoms with van der Waals surface area (Å²) in [6.07, 6.45) is 8.65. The fraction of sp³-hybridized carbons (Fsp3) is 0.591. The second-order valence-electron chi connectivity index (χ2n) is 8.53. The number of halogens is 1. The molecule has 160 valence electrons. The maximum atomic E-state index is 6.51. The number of ether oxygens (including phenoxy) is 2. The molecule has 5 rings (SSSR count). The van der Waals surface area contributed by atoms with E-state index in [1.54, 1.807) is 0 Å². The van der Waals surface area contributed by atoms with Crippen molar-refractivity contribution in [3.8, 4) is 5.88 Å². The van der Waals surface area contributed by atoms with E-state index >= 15 is 0 Å². The van der Waals surface area contributed by atoms with Gasteiger partial charge in [0.1, 0.15) is 11.9 Å². The summed E-state index contributed by atoms with van der Waals surface area (Å²) in [5.41, 5.74) is 0.920. The van der Waals surface area contributed by atoms with E-state index in [0.717, 1.165) is 66.9 Å². The molecule has 0 radical (unpaired) electrons. The van der Waals surface area contributed by atoms with Crippen molar-refractivity contribution in [3.05, 3.63) is 22.8 Å². The van der Waals surface area contributed by atoms with Crippen LogP contribution in [0.2, 0.25) is 0 Å². The Kier molecular flexibility index (Phi) is 5.78. The minimum absolute atomic E-state index is 0.201. The largest absolute Gasteiger partial charge is 0.474 e. The van der Waals surface area contributed by atoms with Gasteiger partial charge in [0.15, 0.2) is 0 Å². The van der Waals surface area contributed by atoms with Gasteiger partial charge in [-0.1, -0.05) is 0 Å². The molecule has 2 aromatic rings. The van der Waals surface area contributed by atoms with Gasteiger partial charge in [0.05, 0.1) is 24.1 Å². The van der Waals surface area contributed by atoms with Crippen molar-refractivity contribution in [2.75, 3.05) is 44.8 Å². The van der Waals surface area contributed by atoms with Crippen LogP contribution in [-0.4, -0.2) is 67.2 Å². The average molecular weight is 474 g/mol. The van der Waals surface area contributed by atoms with Crippen LogP contribution in [0.5, 0.6) is 5.88 Å². The van der Waals surface area contributed by atoms with Crippen molar-refractivity contribution in [3.63, 3.8) is 0 Å². The first-order valence-corrected chi connectivity index (χ1v) is 11.7. The minimum atomic E-state index is 0.201. The Labute approximate surface area is 185 Å². The molecule has 2 fully saturated rings. The van der Waals surface area contributed by atoms with Crippen molar-refractivity contribution < 1.29 is 9.47 Å². The third kappa shape index (κ3) is 4.25. The van der Waals surface area contributed by atoms with Crippen LogP contribution in [0.1, 0.15) is 25.7 Å². The Hall–Kier alpha value is -1.93. The molecule has 1 aliphatic carbocycles. The topological polar surface area (TPSA) is 63.1 Å². The fourth-order valence-electron chi connectivity index (χ4n) is 4.76. The summed E-state index contributed by atoms with van der Waals surface area (Å²) in [6.45, 7) is 4.19. The molecule has 4 heterocycles. The van der Waals surface area contributed by atoms with E-state index in [4.69, 9.17) is 14.5 Å². The van der Waals surface area contributed by atoms with E-state index in [0.29, 0.717) is 17.7 Å². The maximum Gasteiger partial charge on any atom is 0.225 e. The first-order valence-electron chi connectivity index (χ1n) is 10.9. The average Bonchev–Trinajstić information content (AvgIpc) is 3.21. The lowest BCUT2D eigenvalue weighted by Crippen LogP contribution is -2.37. The molecule has 1 unspecified atom stereocenters. The Balaban J connectivity index is 1.34. The van der Waals surface area contributed by atoms with Crippen LogP contribution in [0.25, 0.3) is 10.9 Å². The highest BCUT2D eigenvalue weighted by atomic mass is 79.9. The Morgan fingerprint density at radius 2 is 1.93 bits per heavy atom. The molecule has 2 aromatic heterocycles. The molecular weight excluding hydrogens is 446 g/mol. The van der Waals surface area contributed by atoms with Gasteiger partial charge in [0.2, 0.25) is 5.88 Å². The zero-order chi connectivity index (χ0) is 20.5. The molecule has 3 aliphatic rings. The smallest absolute Gasteiger partial charge is 0.225 e. The van der Waals surface area contributed by atoms with Gasteiger partial charge < -0.3 is 14.4 Å². The van der Waals surface area contributed by atoms with Gasteiger partial charge in [-0.15, -0.1) is 0 Å². The molecular formula is C22H28BrN5O2. The zero-order valence-electron chi connectivity index (χ0n) is 17.3. The first kappa shape index (κ1) is 20.0. The third-order valence-corrected chi connectivity index (χ3v) is 6.90. The monoisotopic (exact) mass is 473 g/mol. The summed E-state index contributed by atoms with van der Waals surface area (Å²) in [5.74, 6) is 2.92. The van der Waals surface area contributed by atoms with Crippen LogP contribution in [0.3, 0.4) is 0 Å². The molecule has 1 saturated heterocycles. The Bertz CT molecular complexity index is 925. The van der Waals surface area contributed by atoms with Crippen molar-refractivity contribution in [1.29, 1.82) is 0 Å². The molecule has 2 aliphatic heterocycles. The molecule has 0 amide bonds. The number of hydrogen-bond donors (Lipinski definition) is 0. The van der Waals surface area contributed by atoms with Gasteiger partial charge in [0.25, 0.3) is 0 Å². The zero-order valence-corrected chi connectivity index (χ0v) is 18.9. The molecule has 0 aromatic carbocycles. The number of hydrogen-bond acceptors (Lipinski definition) is 7. The van der Waals surface area contributed by atoms with Gasteiger partial charge in [-0.2, -0.15) is 10.1 Å². The highest BCUT2D eigenvalue weighted by Gasteiger charge is 2.31. The van der Waals surface area contributed by atoms with Crippen LogP contribution < -0.4 is 9.64 Å². The van der Waals surface area contributed by atoms with Gasteiger partial charge >= 0.3 is 0 Å². The molecule has 7 nitrogen and oxygen atoms in total. The van der Waals surface area contributed by atoms with Crippen LogP contribution in [-0.2, 0) is 4.74 Å². The lowest BCUT2D eigenvalue weighted by Gasteiger charge is -2.32. The van der Waals surface area contributed by atoms with E-state index in [9.17, 15) is 0 Å². The number of morpholine rings is 1. The van der Waals surface area contributed by atoms with E-state index < -0.39 is 0 Å². The minimum Gasteiger partial charge on any atom is -0.474 e. The lowest BCUT2D eigenvalue weighted by molar-refractivity contribution is 0.115. The number of anilines is 1. The molecule has 1 atom stereocenters. The highest BCUT2D eigenvalue weighted by Crippen LogP contribution is 2.36. The first-order chi connectivity index (χ1) is 14.7. The summed E-state index contributed by atoms with van der Waals surface area (Å²) in [4.78, 5) is 11.8. The number of aromatic nitrogens is 2. The predicted molar refractivity (Wildman–Crippen MR) is 121 cm³/mol. The van der Waals surface area contributed by atoms with Crippen molar-refractivity contribution in [2.24, 2.45) is 16.9 Å². The highest BCUT2D eigenvalue weighted by molar-refractivity contribution is 9.10. The number of rotatable bonds is 4. The summed E-state index contributed by atoms with van der Waals surface area (Å²) in [7, 11) is 2.05. The summed E-state index contributed by atoms with van der Waals surface area (Å²) < 4.78 is 13.0. The maximum absolute atomic E-state index is 6.51. The number of nitrogens with zero attached hydrogens (tertiary/aromatic N) is 5. The molecule has 30 heavy (non-hydrogen) atoms. The molecule has 0 spiro atoms. The predicted octanol–water partition coefficient (Wildman–Crippen LogP) is 3.71. The molecule has 0 bridgehead atoms.